The molecule has 0 unspecified atom stereocenters. The van der Waals surface area contributed by atoms with Crippen LogP contribution in [0.3, 0.4) is 0 Å². The second kappa shape index (κ2) is 10.6. The maximum atomic E-state index is 13.1. The molecule has 1 aliphatic rings. The van der Waals surface area contributed by atoms with Crippen LogP contribution in [0.1, 0.15) is 18.1 Å². The average molecular weight is 472 g/mol. The van der Waals surface area contributed by atoms with Gasteiger partial charge in [0.1, 0.15) is 17.9 Å². The summed E-state index contributed by atoms with van der Waals surface area (Å²) in [6.45, 7) is 2.70. The van der Waals surface area contributed by atoms with Gasteiger partial charge in [0.05, 0.1) is 19.4 Å². The summed E-state index contributed by atoms with van der Waals surface area (Å²) in [7, 11) is 1.51. The van der Waals surface area contributed by atoms with Crippen LogP contribution in [0.2, 0.25) is 0 Å². The quantitative estimate of drug-likeness (QED) is 0.387. The van der Waals surface area contributed by atoms with Crippen LogP contribution in [-0.4, -0.2) is 31.6 Å². The van der Waals surface area contributed by atoms with Crippen molar-refractivity contribution < 1.29 is 28.6 Å². The van der Waals surface area contributed by atoms with Crippen LogP contribution in [0.4, 0.5) is 10.5 Å². The lowest BCUT2D eigenvalue weighted by Crippen LogP contribution is -2.54. The fraction of sp³-hybridized carbons (Fsp3) is 0.148. The van der Waals surface area contributed by atoms with Gasteiger partial charge in [-0.2, -0.15) is 0 Å². The number of amides is 4. The first-order valence-corrected chi connectivity index (χ1v) is 11.0. The Bertz CT molecular complexity index is 1270. The minimum Gasteiger partial charge on any atom is -0.494 e. The first-order valence-electron chi connectivity index (χ1n) is 11.0. The van der Waals surface area contributed by atoms with Gasteiger partial charge in [-0.05, 0) is 60.5 Å². The molecule has 0 atom stereocenters. The predicted octanol–water partition coefficient (Wildman–Crippen LogP) is 4.34. The third-order valence-electron chi connectivity index (χ3n) is 5.24. The number of nitrogens with one attached hydrogen (secondary N) is 1. The SMILES string of the molecule is CCOc1ccc(N2C(=O)NC(=O)C(=Cc3ccc(OCc4ccccc4)c(OC)c3)C2=O)cc1. The van der Waals surface area contributed by atoms with E-state index in [1.54, 1.807) is 42.5 Å². The minimum atomic E-state index is -0.816. The Kier molecular flexibility index (Phi) is 7.11. The molecule has 0 bridgehead atoms. The first kappa shape index (κ1) is 23.6. The largest absolute Gasteiger partial charge is 0.494 e. The Morgan fingerprint density at radius 3 is 2.31 bits per heavy atom. The van der Waals surface area contributed by atoms with Crippen LogP contribution < -0.4 is 24.4 Å². The van der Waals surface area contributed by atoms with E-state index in [9.17, 15) is 14.4 Å². The monoisotopic (exact) mass is 472 g/mol. The maximum absolute atomic E-state index is 13.1. The van der Waals surface area contributed by atoms with Crippen molar-refractivity contribution in [3.63, 3.8) is 0 Å². The van der Waals surface area contributed by atoms with Gasteiger partial charge in [-0.3, -0.25) is 14.9 Å². The van der Waals surface area contributed by atoms with Gasteiger partial charge in [-0.15, -0.1) is 0 Å². The van der Waals surface area contributed by atoms with Crippen molar-refractivity contribution in [2.45, 2.75) is 13.5 Å². The molecule has 0 saturated carbocycles. The Morgan fingerprint density at radius 1 is 0.886 bits per heavy atom. The fourth-order valence-corrected chi connectivity index (χ4v) is 3.55. The lowest BCUT2D eigenvalue weighted by atomic mass is 10.1. The number of methoxy groups -OCH3 is 1. The number of urea groups is 1. The number of anilines is 1. The van der Waals surface area contributed by atoms with E-state index in [1.165, 1.54) is 13.2 Å². The molecule has 4 amide bonds. The normalized spacial score (nSPS) is 14.6. The molecule has 8 heteroatoms. The van der Waals surface area contributed by atoms with Gasteiger partial charge in [0.2, 0.25) is 0 Å². The van der Waals surface area contributed by atoms with Crippen molar-refractivity contribution >= 4 is 29.6 Å². The molecule has 1 aliphatic heterocycles. The van der Waals surface area contributed by atoms with Crippen LogP contribution >= 0.6 is 0 Å². The van der Waals surface area contributed by atoms with Crippen molar-refractivity contribution in [3.05, 3.63) is 89.5 Å². The van der Waals surface area contributed by atoms with Gasteiger partial charge in [-0.1, -0.05) is 36.4 Å². The molecular formula is C27H24N2O6. The Balaban J connectivity index is 1.57. The third kappa shape index (κ3) is 5.33. The smallest absolute Gasteiger partial charge is 0.335 e. The highest BCUT2D eigenvalue weighted by molar-refractivity contribution is 6.39. The number of benzene rings is 3. The molecule has 0 radical (unpaired) electrons. The summed E-state index contributed by atoms with van der Waals surface area (Å²) < 4.78 is 16.7. The second-order valence-electron chi connectivity index (χ2n) is 7.57. The third-order valence-corrected chi connectivity index (χ3v) is 5.24. The van der Waals surface area contributed by atoms with Gasteiger partial charge in [-0.25, -0.2) is 9.69 Å². The number of carbonyl (C=O) groups is 3. The number of barbiturate groups is 1. The van der Waals surface area contributed by atoms with E-state index in [2.05, 4.69) is 5.32 Å². The molecule has 0 aromatic heterocycles. The molecular weight excluding hydrogens is 448 g/mol. The molecule has 1 N–H and O–H groups in total. The van der Waals surface area contributed by atoms with Crippen LogP contribution in [0.15, 0.2) is 78.4 Å². The number of hydrogen-bond acceptors (Lipinski definition) is 6. The summed E-state index contributed by atoms with van der Waals surface area (Å²) >= 11 is 0. The van der Waals surface area contributed by atoms with E-state index in [0.29, 0.717) is 41.7 Å². The molecule has 1 saturated heterocycles. The fourth-order valence-electron chi connectivity index (χ4n) is 3.55. The zero-order chi connectivity index (χ0) is 24.8. The minimum absolute atomic E-state index is 0.182. The number of carbonyl (C=O) groups excluding carboxylic acids is 3. The van der Waals surface area contributed by atoms with Crippen LogP contribution in [0.25, 0.3) is 6.08 Å². The summed E-state index contributed by atoms with van der Waals surface area (Å²) in [6, 6.07) is 20.4. The first-order chi connectivity index (χ1) is 17.0. The van der Waals surface area contributed by atoms with E-state index >= 15 is 0 Å². The molecule has 8 nitrogen and oxygen atoms in total. The number of imide groups is 2. The molecule has 35 heavy (non-hydrogen) atoms. The number of ether oxygens (including phenoxy) is 3. The second-order valence-corrected chi connectivity index (χ2v) is 7.57. The lowest BCUT2D eigenvalue weighted by molar-refractivity contribution is -0.122. The zero-order valence-corrected chi connectivity index (χ0v) is 19.3. The van der Waals surface area contributed by atoms with E-state index in [1.807, 2.05) is 37.3 Å². The topological polar surface area (TPSA) is 94.2 Å². The van der Waals surface area contributed by atoms with Crippen molar-refractivity contribution in [1.82, 2.24) is 5.32 Å². The maximum Gasteiger partial charge on any atom is 0.335 e. The molecule has 178 valence electrons. The Hall–Kier alpha value is -4.59. The summed E-state index contributed by atoms with van der Waals surface area (Å²) in [5.74, 6) is 0.0639. The van der Waals surface area contributed by atoms with Gasteiger partial charge < -0.3 is 14.2 Å². The number of nitrogens with zero attached hydrogens (tertiary/aromatic N) is 1. The summed E-state index contributed by atoms with van der Waals surface area (Å²) in [6.07, 6.45) is 1.41. The van der Waals surface area contributed by atoms with E-state index in [-0.39, 0.29) is 5.57 Å². The summed E-state index contributed by atoms with van der Waals surface area (Å²) in [5.41, 5.74) is 1.67. The van der Waals surface area contributed by atoms with Gasteiger partial charge in [0, 0.05) is 0 Å². The van der Waals surface area contributed by atoms with E-state index in [0.717, 1.165) is 10.5 Å². The number of hydrogen-bond donors (Lipinski definition) is 1. The molecule has 3 aromatic rings. The highest BCUT2D eigenvalue weighted by Gasteiger charge is 2.36. The Labute approximate surface area is 202 Å². The van der Waals surface area contributed by atoms with E-state index < -0.39 is 17.8 Å². The lowest BCUT2D eigenvalue weighted by Gasteiger charge is -2.26. The van der Waals surface area contributed by atoms with Gasteiger partial charge in [0.15, 0.2) is 11.5 Å². The highest BCUT2D eigenvalue weighted by atomic mass is 16.5. The van der Waals surface area contributed by atoms with Crippen LogP contribution in [0, 0.1) is 0 Å². The van der Waals surface area contributed by atoms with Gasteiger partial charge in [0.25, 0.3) is 11.8 Å². The molecule has 1 heterocycles. The molecule has 0 aliphatic carbocycles. The highest BCUT2D eigenvalue weighted by Crippen LogP contribution is 2.31. The van der Waals surface area contributed by atoms with Crippen molar-refractivity contribution in [3.8, 4) is 17.2 Å². The van der Waals surface area contributed by atoms with Crippen molar-refractivity contribution in [2.24, 2.45) is 0 Å². The molecule has 4 rings (SSSR count). The molecule has 3 aromatic carbocycles. The van der Waals surface area contributed by atoms with E-state index in [4.69, 9.17) is 14.2 Å². The van der Waals surface area contributed by atoms with Crippen molar-refractivity contribution in [1.29, 1.82) is 0 Å². The summed E-state index contributed by atoms with van der Waals surface area (Å²) in [4.78, 5) is 39.0. The zero-order valence-electron chi connectivity index (χ0n) is 19.3. The summed E-state index contributed by atoms with van der Waals surface area (Å²) in [5, 5.41) is 2.22. The van der Waals surface area contributed by atoms with Gasteiger partial charge >= 0.3 is 6.03 Å². The standard InChI is InChI=1S/C27H24N2O6/c1-3-34-21-12-10-20(11-13-21)29-26(31)22(25(30)28-27(29)32)15-19-9-14-23(24(16-19)33-2)35-17-18-7-5-4-6-8-18/h4-16H,3,17H2,1-2H3,(H,28,30,32). The molecule has 0 spiro atoms. The van der Waals surface area contributed by atoms with Crippen LogP contribution in [-0.2, 0) is 16.2 Å². The van der Waals surface area contributed by atoms with Crippen molar-refractivity contribution in [2.75, 3.05) is 18.6 Å². The van der Waals surface area contributed by atoms with Crippen LogP contribution in [0.5, 0.6) is 17.2 Å². The Morgan fingerprint density at radius 2 is 1.63 bits per heavy atom. The molecule has 1 fully saturated rings. The number of rotatable bonds is 8. The average Bonchev–Trinajstić information content (AvgIpc) is 2.87. The predicted molar refractivity (Wildman–Crippen MR) is 130 cm³/mol.